The molecule has 0 radical (unpaired) electrons. The van der Waals surface area contributed by atoms with Gasteiger partial charge in [-0.2, -0.15) is 0 Å². The first-order valence-electron chi connectivity index (χ1n) is 8.17. The van der Waals surface area contributed by atoms with Crippen molar-refractivity contribution in [2.24, 2.45) is 5.92 Å². The molecule has 1 aliphatic carbocycles. The first-order chi connectivity index (χ1) is 10.5. The van der Waals surface area contributed by atoms with E-state index in [-0.39, 0.29) is 30.3 Å². The van der Waals surface area contributed by atoms with Crippen LogP contribution in [0.2, 0.25) is 0 Å². The number of carbonyl (C=O) groups excluding carboxylic acids is 1. The molecule has 0 aliphatic heterocycles. The molecule has 1 fully saturated rings. The van der Waals surface area contributed by atoms with Crippen LogP contribution in [0.1, 0.15) is 51.5 Å². The van der Waals surface area contributed by atoms with Crippen molar-refractivity contribution in [1.29, 1.82) is 0 Å². The van der Waals surface area contributed by atoms with Gasteiger partial charge in [0.15, 0.2) is 0 Å². The lowest BCUT2D eigenvalue weighted by molar-refractivity contribution is -0.129. The Morgan fingerprint density at radius 3 is 2.59 bits per heavy atom. The van der Waals surface area contributed by atoms with Gasteiger partial charge in [-0.1, -0.05) is 38.3 Å². The molecule has 1 saturated carbocycles. The molecule has 22 heavy (non-hydrogen) atoms. The maximum absolute atomic E-state index is 13.6. The van der Waals surface area contributed by atoms with E-state index in [0.717, 1.165) is 37.7 Å². The van der Waals surface area contributed by atoms with Crippen LogP contribution in [0.25, 0.3) is 0 Å². The Bertz CT molecular complexity index is 512. The Kier molecular flexibility index (Phi) is 5.57. The summed E-state index contributed by atoms with van der Waals surface area (Å²) in [6.45, 7) is 3.84. The van der Waals surface area contributed by atoms with E-state index in [0.29, 0.717) is 0 Å². The van der Waals surface area contributed by atoms with Crippen LogP contribution in [0.5, 0.6) is 0 Å². The van der Waals surface area contributed by atoms with E-state index >= 15 is 0 Å². The van der Waals surface area contributed by atoms with Crippen LogP contribution in [-0.4, -0.2) is 23.7 Å². The van der Waals surface area contributed by atoms with E-state index in [9.17, 15) is 14.3 Å². The van der Waals surface area contributed by atoms with Crippen LogP contribution in [-0.2, 0) is 10.2 Å². The molecule has 0 aromatic heterocycles. The van der Waals surface area contributed by atoms with Crippen LogP contribution in [0.15, 0.2) is 24.3 Å². The number of nitrogens with one attached hydrogen (secondary N) is 1. The molecule has 0 spiro atoms. The fraction of sp³-hybridized carbons (Fsp3) is 0.611. The summed E-state index contributed by atoms with van der Waals surface area (Å²) in [6.07, 6.45) is 4.58. The van der Waals surface area contributed by atoms with Crippen molar-refractivity contribution >= 4 is 5.91 Å². The zero-order chi connectivity index (χ0) is 16.2. The minimum Gasteiger partial charge on any atom is -0.396 e. The normalized spacial score (nSPS) is 20.2. The van der Waals surface area contributed by atoms with Crippen molar-refractivity contribution in [2.75, 3.05) is 6.61 Å². The lowest BCUT2D eigenvalue weighted by atomic mass is 9.68. The summed E-state index contributed by atoms with van der Waals surface area (Å²) in [5.74, 6) is -0.338. The molecular formula is C18H26FNO2. The molecule has 0 saturated heterocycles. The maximum Gasteiger partial charge on any atom is 0.230 e. The minimum absolute atomic E-state index is 0.00269. The Morgan fingerprint density at radius 1 is 1.32 bits per heavy atom. The highest BCUT2D eigenvalue weighted by molar-refractivity contribution is 5.88. The van der Waals surface area contributed by atoms with Crippen LogP contribution in [0, 0.1) is 11.7 Å². The van der Waals surface area contributed by atoms with Crippen molar-refractivity contribution in [3.05, 3.63) is 35.6 Å². The van der Waals surface area contributed by atoms with Crippen molar-refractivity contribution in [2.45, 2.75) is 57.4 Å². The zero-order valence-corrected chi connectivity index (χ0v) is 13.4. The average molecular weight is 307 g/mol. The summed E-state index contributed by atoms with van der Waals surface area (Å²) < 4.78 is 13.6. The molecule has 4 heteroatoms. The van der Waals surface area contributed by atoms with Gasteiger partial charge in [0.25, 0.3) is 0 Å². The summed E-state index contributed by atoms with van der Waals surface area (Å²) >= 11 is 0. The topological polar surface area (TPSA) is 49.3 Å². The maximum atomic E-state index is 13.6. The molecule has 1 aliphatic rings. The molecular weight excluding hydrogens is 281 g/mol. The number of benzene rings is 1. The van der Waals surface area contributed by atoms with Crippen LogP contribution in [0.3, 0.4) is 0 Å². The smallest absolute Gasteiger partial charge is 0.230 e. The van der Waals surface area contributed by atoms with Gasteiger partial charge in [0.2, 0.25) is 5.91 Å². The van der Waals surface area contributed by atoms with Crippen molar-refractivity contribution in [3.63, 3.8) is 0 Å². The number of aliphatic hydroxyl groups excluding tert-OH is 1. The van der Waals surface area contributed by atoms with Gasteiger partial charge in [-0.3, -0.25) is 4.79 Å². The minimum atomic E-state index is -0.635. The van der Waals surface area contributed by atoms with Gasteiger partial charge in [0, 0.05) is 12.6 Å². The molecule has 2 unspecified atom stereocenters. The highest BCUT2D eigenvalue weighted by Gasteiger charge is 2.41. The number of hydrogen-bond acceptors (Lipinski definition) is 2. The standard InChI is InChI=1S/C18H26FNO2/c1-13(12-21)14(2)20-17(22)18(9-4-3-5-10-18)15-7-6-8-16(19)11-15/h6-8,11,13-14,21H,3-5,9-10,12H2,1-2H3,(H,20,22). The van der Waals surface area contributed by atoms with Crippen LogP contribution >= 0.6 is 0 Å². The summed E-state index contributed by atoms with van der Waals surface area (Å²) in [4.78, 5) is 12.9. The number of aliphatic hydroxyl groups is 1. The van der Waals surface area contributed by atoms with E-state index in [1.54, 1.807) is 6.07 Å². The third-order valence-electron chi connectivity index (χ3n) is 5.02. The first-order valence-corrected chi connectivity index (χ1v) is 8.17. The second kappa shape index (κ2) is 7.23. The molecule has 1 amide bonds. The second-order valence-electron chi connectivity index (χ2n) is 6.58. The van der Waals surface area contributed by atoms with Gasteiger partial charge in [-0.25, -0.2) is 4.39 Å². The molecule has 1 aromatic carbocycles. The molecule has 0 heterocycles. The summed E-state index contributed by atoms with van der Waals surface area (Å²) in [5.41, 5.74) is 0.137. The Morgan fingerprint density at radius 2 is 2.00 bits per heavy atom. The summed E-state index contributed by atoms with van der Waals surface area (Å²) in [6, 6.07) is 6.33. The number of hydrogen-bond donors (Lipinski definition) is 2. The second-order valence-corrected chi connectivity index (χ2v) is 6.58. The molecule has 122 valence electrons. The summed E-state index contributed by atoms with van der Waals surface area (Å²) in [7, 11) is 0. The van der Waals surface area contributed by atoms with E-state index in [1.165, 1.54) is 12.1 Å². The Labute approximate surface area is 131 Å². The van der Waals surface area contributed by atoms with E-state index in [4.69, 9.17) is 0 Å². The fourth-order valence-corrected chi connectivity index (χ4v) is 3.23. The van der Waals surface area contributed by atoms with Gasteiger partial charge < -0.3 is 10.4 Å². The SMILES string of the molecule is CC(CO)C(C)NC(=O)C1(c2cccc(F)c2)CCCCC1. The van der Waals surface area contributed by atoms with E-state index < -0.39 is 5.41 Å². The monoisotopic (exact) mass is 307 g/mol. The predicted octanol–water partition coefficient (Wildman–Crippen LogP) is 3.16. The summed E-state index contributed by atoms with van der Waals surface area (Å²) in [5, 5.41) is 12.3. The lowest BCUT2D eigenvalue weighted by Crippen LogP contribution is -2.50. The molecule has 2 N–H and O–H groups in total. The largest absolute Gasteiger partial charge is 0.396 e. The number of amides is 1. The highest BCUT2D eigenvalue weighted by atomic mass is 19.1. The predicted molar refractivity (Wildman–Crippen MR) is 85.0 cm³/mol. The average Bonchev–Trinajstić information content (AvgIpc) is 2.54. The molecule has 3 nitrogen and oxygen atoms in total. The number of carbonyl (C=O) groups is 1. The van der Waals surface area contributed by atoms with Gasteiger partial charge in [-0.05, 0) is 43.4 Å². The highest BCUT2D eigenvalue weighted by Crippen LogP contribution is 2.40. The zero-order valence-electron chi connectivity index (χ0n) is 13.4. The van der Waals surface area contributed by atoms with E-state index in [1.807, 2.05) is 19.9 Å². The van der Waals surface area contributed by atoms with Crippen LogP contribution in [0.4, 0.5) is 4.39 Å². The van der Waals surface area contributed by atoms with Crippen molar-refractivity contribution in [1.82, 2.24) is 5.32 Å². The van der Waals surface area contributed by atoms with Crippen LogP contribution < -0.4 is 5.32 Å². The fourth-order valence-electron chi connectivity index (χ4n) is 3.23. The molecule has 2 rings (SSSR count). The molecule has 0 bridgehead atoms. The van der Waals surface area contributed by atoms with Gasteiger partial charge >= 0.3 is 0 Å². The number of halogens is 1. The van der Waals surface area contributed by atoms with Gasteiger partial charge in [0.05, 0.1) is 5.41 Å². The van der Waals surface area contributed by atoms with Crippen molar-refractivity contribution < 1.29 is 14.3 Å². The lowest BCUT2D eigenvalue weighted by Gasteiger charge is -2.38. The van der Waals surface area contributed by atoms with Crippen molar-refractivity contribution in [3.8, 4) is 0 Å². The quantitative estimate of drug-likeness (QED) is 0.878. The third kappa shape index (κ3) is 3.49. The molecule has 1 aromatic rings. The third-order valence-corrected chi connectivity index (χ3v) is 5.02. The Hall–Kier alpha value is -1.42. The van der Waals surface area contributed by atoms with E-state index in [2.05, 4.69) is 5.32 Å². The first kappa shape index (κ1) is 16.9. The molecule has 2 atom stereocenters. The Balaban J connectivity index is 2.27. The van der Waals surface area contributed by atoms with Gasteiger partial charge in [-0.15, -0.1) is 0 Å². The number of rotatable bonds is 5. The van der Waals surface area contributed by atoms with Gasteiger partial charge in [0.1, 0.15) is 5.82 Å².